The topological polar surface area (TPSA) is 12.0 Å². The van der Waals surface area contributed by atoms with Gasteiger partial charge in [-0.25, -0.2) is 0 Å². The minimum absolute atomic E-state index is 0.497. The molecule has 0 aromatic carbocycles. The van der Waals surface area contributed by atoms with Crippen LogP contribution in [0.1, 0.15) is 32.1 Å². The molecule has 1 unspecified atom stereocenters. The molecule has 1 N–H and O–H groups in total. The van der Waals surface area contributed by atoms with E-state index in [0.717, 1.165) is 18.3 Å². The van der Waals surface area contributed by atoms with Gasteiger partial charge in [-0.2, -0.15) is 0 Å². The first-order chi connectivity index (χ1) is 8.78. The van der Waals surface area contributed by atoms with E-state index in [1.165, 1.54) is 36.8 Å². The van der Waals surface area contributed by atoms with Crippen LogP contribution in [-0.2, 0) is 0 Å². The minimum Gasteiger partial charge on any atom is -0.313 e. The molecule has 3 rings (SSSR count). The zero-order valence-corrected chi connectivity index (χ0v) is 11.3. The van der Waals surface area contributed by atoms with E-state index < -0.39 is 0 Å². The van der Waals surface area contributed by atoms with Crippen molar-refractivity contribution in [2.75, 3.05) is 7.05 Å². The first kappa shape index (κ1) is 12.0. The van der Waals surface area contributed by atoms with Crippen molar-refractivity contribution in [3.8, 4) is 0 Å². The predicted molar refractivity (Wildman–Crippen MR) is 77.4 cm³/mol. The van der Waals surface area contributed by atoms with Crippen molar-refractivity contribution in [2.45, 2.75) is 38.1 Å². The fourth-order valence-corrected chi connectivity index (χ4v) is 2.76. The van der Waals surface area contributed by atoms with Crippen LogP contribution in [0.25, 0.3) is 0 Å². The molecule has 1 atom stereocenters. The summed E-state index contributed by atoms with van der Waals surface area (Å²) in [7, 11) is 2.01. The molecule has 96 valence electrons. The molecule has 0 radical (unpaired) electrons. The summed E-state index contributed by atoms with van der Waals surface area (Å²) in [5.74, 6) is 1.79. The quantitative estimate of drug-likeness (QED) is 0.723. The smallest absolute Gasteiger partial charge is 0.0285 e. The SMILES string of the molecule is C=C(C=C(C1CC1)C1CC1)C1=CCC(NC)C=C1. The molecule has 3 aliphatic rings. The lowest BCUT2D eigenvalue weighted by Gasteiger charge is -2.16. The number of hydrogen-bond donors (Lipinski definition) is 1. The van der Waals surface area contributed by atoms with Crippen molar-refractivity contribution in [1.82, 2.24) is 5.32 Å². The number of rotatable bonds is 5. The Labute approximate surface area is 110 Å². The van der Waals surface area contributed by atoms with E-state index in [1.807, 2.05) is 7.05 Å². The highest BCUT2D eigenvalue weighted by atomic mass is 14.9. The maximum Gasteiger partial charge on any atom is 0.0285 e. The molecule has 0 saturated heterocycles. The van der Waals surface area contributed by atoms with Gasteiger partial charge < -0.3 is 5.32 Å². The molecule has 1 nitrogen and oxygen atoms in total. The van der Waals surface area contributed by atoms with E-state index in [9.17, 15) is 0 Å². The van der Waals surface area contributed by atoms with Crippen LogP contribution in [-0.4, -0.2) is 13.1 Å². The molecule has 0 spiro atoms. The Morgan fingerprint density at radius 2 is 1.94 bits per heavy atom. The Kier molecular flexibility index (Phi) is 3.25. The Morgan fingerprint density at radius 3 is 2.39 bits per heavy atom. The summed E-state index contributed by atoms with van der Waals surface area (Å²) in [6.45, 7) is 4.27. The second kappa shape index (κ2) is 4.89. The fourth-order valence-electron chi connectivity index (χ4n) is 2.76. The van der Waals surface area contributed by atoms with Crippen LogP contribution < -0.4 is 5.32 Å². The Bertz CT molecular complexity index is 417. The molecule has 1 heteroatoms. The van der Waals surface area contributed by atoms with Crippen LogP contribution in [0.4, 0.5) is 0 Å². The van der Waals surface area contributed by atoms with Gasteiger partial charge in [0, 0.05) is 6.04 Å². The highest BCUT2D eigenvalue weighted by Gasteiger charge is 2.36. The summed E-state index contributed by atoms with van der Waals surface area (Å²) < 4.78 is 0. The number of likely N-dealkylation sites (N-methyl/N-ethyl adjacent to an activating group) is 1. The average molecular weight is 241 g/mol. The van der Waals surface area contributed by atoms with Gasteiger partial charge in [0.2, 0.25) is 0 Å². The molecule has 2 fully saturated rings. The van der Waals surface area contributed by atoms with Crippen molar-refractivity contribution >= 4 is 0 Å². The molecule has 0 heterocycles. The van der Waals surface area contributed by atoms with Gasteiger partial charge in [0.25, 0.3) is 0 Å². The lowest BCUT2D eigenvalue weighted by atomic mass is 9.94. The van der Waals surface area contributed by atoms with Gasteiger partial charge in [-0.15, -0.1) is 0 Å². The van der Waals surface area contributed by atoms with E-state index in [0.29, 0.717) is 6.04 Å². The van der Waals surface area contributed by atoms with E-state index in [4.69, 9.17) is 0 Å². The number of allylic oxidation sites excluding steroid dienone is 5. The van der Waals surface area contributed by atoms with Crippen molar-refractivity contribution < 1.29 is 0 Å². The summed E-state index contributed by atoms with van der Waals surface area (Å²) in [5, 5.41) is 3.28. The van der Waals surface area contributed by atoms with Crippen LogP contribution in [0.5, 0.6) is 0 Å². The molecule has 0 aliphatic heterocycles. The third-order valence-corrected chi connectivity index (χ3v) is 4.28. The maximum absolute atomic E-state index is 4.27. The van der Waals surface area contributed by atoms with Crippen LogP contribution >= 0.6 is 0 Å². The molecule has 18 heavy (non-hydrogen) atoms. The summed E-state index contributed by atoms with van der Waals surface area (Å²) in [6, 6.07) is 0.497. The molecular formula is C17H23N. The van der Waals surface area contributed by atoms with Gasteiger partial charge in [-0.3, -0.25) is 0 Å². The van der Waals surface area contributed by atoms with Gasteiger partial charge in [0.1, 0.15) is 0 Å². The maximum atomic E-state index is 4.27. The molecule has 0 bridgehead atoms. The fraction of sp³-hybridized carbons (Fsp3) is 0.529. The first-order valence-corrected chi connectivity index (χ1v) is 7.24. The van der Waals surface area contributed by atoms with Crippen LogP contribution in [0.15, 0.2) is 47.6 Å². The average Bonchev–Trinajstić information content (AvgIpc) is 3.29. The summed E-state index contributed by atoms with van der Waals surface area (Å²) in [5.41, 5.74) is 4.24. The lowest BCUT2D eigenvalue weighted by Crippen LogP contribution is -2.23. The number of nitrogens with one attached hydrogen (secondary N) is 1. The molecule has 0 aromatic heterocycles. The van der Waals surface area contributed by atoms with E-state index in [1.54, 1.807) is 5.57 Å². The zero-order chi connectivity index (χ0) is 12.5. The highest BCUT2D eigenvalue weighted by Crippen LogP contribution is 2.49. The molecular weight excluding hydrogens is 218 g/mol. The summed E-state index contributed by atoms with van der Waals surface area (Å²) in [6.07, 6.45) is 15.9. The third kappa shape index (κ3) is 2.67. The van der Waals surface area contributed by atoms with Crippen LogP contribution in [0.3, 0.4) is 0 Å². The van der Waals surface area contributed by atoms with Gasteiger partial charge in [0.15, 0.2) is 0 Å². The standard InChI is InChI=1S/C17H23N/c1-12(13-7-9-16(18-2)10-8-13)11-17(14-3-4-14)15-5-6-15/h7-9,11,14-16,18H,1,3-6,10H2,2H3. The minimum atomic E-state index is 0.497. The molecule has 0 aromatic rings. The van der Waals surface area contributed by atoms with Crippen LogP contribution in [0.2, 0.25) is 0 Å². The highest BCUT2D eigenvalue weighted by molar-refractivity contribution is 5.48. The normalized spacial score (nSPS) is 26.7. The van der Waals surface area contributed by atoms with Crippen molar-refractivity contribution in [3.63, 3.8) is 0 Å². The summed E-state index contributed by atoms with van der Waals surface area (Å²) in [4.78, 5) is 0. The van der Waals surface area contributed by atoms with Crippen LogP contribution in [0, 0.1) is 11.8 Å². The zero-order valence-electron chi connectivity index (χ0n) is 11.3. The Morgan fingerprint density at radius 1 is 1.28 bits per heavy atom. The second-order valence-electron chi connectivity index (χ2n) is 5.87. The Hall–Kier alpha value is -1.08. The number of hydrogen-bond acceptors (Lipinski definition) is 1. The summed E-state index contributed by atoms with van der Waals surface area (Å²) >= 11 is 0. The van der Waals surface area contributed by atoms with E-state index in [2.05, 4.69) is 36.2 Å². The first-order valence-electron chi connectivity index (χ1n) is 7.24. The second-order valence-corrected chi connectivity index (χ2v) is 5.87. The molecule has 3 aliphatic carbocycles. The van der Waals surface area contributed by atoms with Crippen molar-refractivity contribution in [1.29, 1.82) is 0 Å². The van der Waals surface area contributed by atoms with Gasteiger partial charge >= 0.3 is 0 Å². The predicted octanol–water partition coefficient (Wildman–Crippen LogP) is 3.76. The van der Waals surface area contributed by atoms with Crippen molar-refractivity contribution in [2.24, 2.45) is 11.8 Å². The molecule has 0 amide bonds. The lowest BCUT2D eigenvalue weighted by molar-refractivity contribution is 0.669. The monoisotopic (exact) mass is 241 g/mol. The van der Waals surface area contributed by atoms with Gasteiger partial charge in [-0.05, 0) is 62.1 Å². The van der Waals surface area contributed by atoms with Crippen molar-refractivity contribution in [3.05, 3.63) is 47.6 Å². The van der Waals surface area contributed by atoms with E-state index >= 15 is 0 Å². The Balaban J connectivity index is 1.69. The largest absolute Gasteiger partial charge is 0.313 e. The molecule has 2 saturated carbocycles. The van der Waals surface area contributed by atoms with Gasteiger partial charge in [-0.1, -0.05) is 36.5 Å². The third-order valence-electron chi connectivity index (χ3n) is 4.28. The van der Waals surface area contributed by atoms with E-state index in [-0.39, 0.29) is 0 Å². The van der Waals surface area contributed by atoms with Gasteiger partial charge in [0.05, 0.1) is 0 Å².